The maximum absolute atomic E-state index is 11.9. The monoisotopic (exact) mass is 434 g/mol. The van der Waals surface area contributed by atoms with Gasteiger partial charge in [0.25, 0.3) is 0 Å². The zero-order chi connectivity index (χ0) is 22.2. The molecule has 170 valence electrons. The molecule has 2 aliphatic rings. The molecule has 7 nitrogen and oxygen atoms in total. The molecule has 4 rings (SSSR count). The fourth-order valence-corrected chi connectivity index (χ4v) is 4.40. The van der Waals surface area contributed by atoms with Gasteiger partial charge in [-0.3, -0.25) is 4.79 Å². The molecule has 2 fully saturated rings. The number of piperidine rings is 1. The molecule has 0 saturated carbocycles. The Balaban J connectivity index is 1.31. The molecule has 0 radical (unpaired) electrons. The molecule has 1 amide bonds. The number of carbonyl (C=O) groups excluding carboxylic acids is 1. The Morgan fingerprint density at radius 1 is 1.12 bits per heavy atom. The van der Waals surface area contributed by atoms with Crippen LogP contribution in [-0.4, -0.2) is 54.0 Å². The van der Waals surface area contributed by atoms with Crippen LogP contribution in [-0.2, 0) is 17.9 Å². The summed E-state index contributed by atoms with van der Waals surface area (Å²) in [6.07, 6.45) is 5.62. The Morgan fingerprint density at radius 3 is 2.69 bits per heavy atom. The zero-order valence-electron chi connectivity index (χ0n) is 19.0. The number of aliphatic imine (C=N–C) groups is 1. The van der Waals surface area contributed by atoms with E-state index in [2.05, 4.69) is 57.8 Å². The molecule has 0 aliphatic carbocycles. The molecule has 0 bridgehead atoms. The van der Waals surface area contributed by atoms with Gasteiger partial charge in [0.1, 0.15) is 5.82 Å². The van der Waals surface area contributed by atoms with Crippen molar-refractivity contribution in [3.8, 4) is 0 Å². The molecule has 32 heavy (non-hydrogen) atoms. The van der Waals surface area contributed by atoms with E-state index in [0.717, 1.165) is 62.8 Å². The predicted octanol–water partition coefficient (Wildman–Crippen LogP) is 2.93. The molecule has 0 atom stereocenters. The van der Waals surface area contributed by atoms with Crippen LogP contribution in [0, 0.1) is 0 Å². The first kappa shape index (κ1) is 22.1. The van der Waals surface area contributed by atoms with Crippen LogP contribution in [0.15, 0.2) is 53.7 Å². The molecule has 1 aromatic heterocycles. The van der Waals surface area contributed by atoms with Crippen molar-refractivity contribution < 1.29 is 4.79 Å². The highest BCUT2D eigenvalue weighted by atomic mass is 16.2. The molecule has 3 heterocycles. The molecule has 1 aromatic carbocycles. The zero-order valence-corrected chi connectivity index (χ0v) is 19.0. The molecule has 2 N–H and O–H groups in total. The van der Waals surface area contributed by atoms with Gasteiger partial charge in [0.15, 0.2) is 5.96 Å². The van der Waals surface area contributed by atoms with Crippen molar-refractivity contribution >= 4 is 17.7 Å². The summed E-state index contributed by atoms with van der Waals surface area (Å²) in [5.74, 6) is 2.19. The summed E-state index contributed by atoms with van der Waals surface area (Å²) >= 11 is 0. The first-order chi connectivity index (χ1) is 15.7. The second-order valence-corrected chi connectivity index (χ2v) is 8.53. The quantitative estimate of drug-likeness (QED) is 0.518. The number of rotatable bonds is 7. The summed E-state index contributed by atoms with van der Waals surface area (Å²) in [5, 5.41) is 7.00. The van der Waals surface area contributed by atoms with Gasteiger partial charge in [-0.05, 0) is 49.4 Å². The summed E-state index contributed by atoms with van der Waals surface area (Å²) in [7, 11) is 0. The highest BCUT2D eigenvalue weighted by Crippen LogP contribution is 2.18. The molecule has 2 aromatic rings. The number of carbonyl (C=O) groups is 1. The van der Waals surface area contributed by atoms with Crippen molar-refractivity contribution in [1.82, 2.24) is 20.5 Å². The van der Waals surface area contributed by atoms with Gasteiger partial charge in [0, 0.05) is 51.4 Å². The van der Waals surface area contributed by atoms with Crippen molar-refractivity contribution in [3.63, 3.8) is 0 Å². The number of hydrogen-bond donors (Lipinski definition) is 2. The second kappa shape index (κ2) is 11.0. The van der Waals surface area contributed by atoms with E-state index in [0.29, 0.717) is 25.6 Å². The van der Waals surface area contributed by atoms with Crippen LogP contribution in [0.4, 0.5) is 5.82 Å². The molecular weight excluding hydrogens is 400 g/mol. The number of likely N-dealkylation sites (tertiary alicyclic amines) is 1. The number of nitrogens with one attached hydrogen (secondary N) is 2. The Labute approximate surface area is 190 Å². The third kappa shape index (κ3) is 5.99. The van der Waals surface area contributed by atoms with E-state index >= 15 is 0 Å². The van der Waals surface area contributed by atoms with Crippen LogP contribution in [0.1, 0.15) is 43.7 Å². The molecule has 7 heteroatoms. The van der Waals surface area contributed by atoms with Crippen molar-refractivity contribution in [2.75, 3.05) is 31.1 Å². The van der Waals surface area contributed by atoms with E-state index < -0.39 is 0 Å². The van der Waals surface area contributed by atoms with E-state index in [4.69, 9.17) is 4.99 Å². The van der Waals surface area contributed by atoms with Crippen molar-refractivity contribution in [2.45, 2.75) is 51.7 Å². The number of nitrogens with zero attached hydrogens (tertiary/aromatic N) is 4. The highest BCUT2D eigenvalue weighted by molar-refractivity contribution is 5.80. The summed E-state index contributed by atoms with van der Waals surface area (Å²) in [6, 6.07) is 14.9. The number of pyridine rings is 1. The first-order valence-corrected chi connectivity index (χ1v) is 11.8. The minimum atomic E-state index is 0.265. The fraction of sp³-hybridized carbons (Fsp3) is 0.480. The van der Waals surface area contributed by atoms with E-state index in [1.165, 1.54) is 5.56 Å². The maximum Gasteiger partial charge on any atom is 0.222 e. The van der Waals surface area contributed by atoms with Gasteiger partial charge in [-0.25, -0.2) is 9.98 Å². The summed E-state index contributed by atoms with van der Waals surface area (Å²) < 4.78 is 0. The first-order valence-electron chi connectivity index (χ1n) is 11.8. The van der Waals surface area contributed by atoms with Gasteiger partial charge < -0.3 is 20.4 Å². The van der Waals surface area contributed by atoms with Crippen LogP contribution in [0.3, 0.4) is 0 Å². The number of amides is 1. The Kier molecular flexibility index (Phi) is 7.59. The molecule has 2 aliphatic heterocycles. The number of hydrogen-bond acceptors (Lipinski definition) is 4. The topological polar surface area (TPSA) is 72.9 Å². The lowest BCUT2D eigenvalue weighted by molar-refractivity contribution is -0.128. The van der Waals surface area contributed by atoms with Gasteiger partial charge in [-0.2, -0.15) is 0 Å². The largest absolute Gasteiger partial charge is 0.357 e. The van der Waals surface area contributed by atoms with Crippen LogP contribution in [0.25, 0.3) is 0 Å². The number of aromatic nitrogens is 1. The third-order valence-electron chi connectivity index (χ3n) is 6.11. The molecule has 0 spiro atoms. The lowest BCUT2D eigenvalue weighted by Gasteiger charge is -2.33. The minimum Gasteiger partial charge on any atom is -0.357 e. The molecule has 2 saturated heterocycles. The van der Waals surface area contributed by atoms with Crippen molar-refractivity contribution in [1.29, 1.82) is 0 Å². The predicted molar refractivity (Wildman–Crippen MR) is 129 cm³/mol. The lowest BCUT2D eigenvalue weighted by Crippen LogP contribution is -2.48. The van der Waals surface area contributed by atoms with Gasteiger partial charge in [0.05, 0.1) is 6.54 Å². The van der Waals surface area contributed by atoms with Crippen LogP contribution in [0.5, 0.6) is 0 Å². The molecule has 0 unspecified atom stereocenters. The number of anilines is 1. The number of guanidine groups is 1. The van der Waals surface area contributed by atoms with Gasteiger partial charge in [-0.15, -0.1) is 0 Å². The highest BCUT2D eigenvalue weighted by Gasteiger charge is 2.21. The standard InChI is InChI=1S/C25H34N6O/c1-2-26-25(29-22-11-15-30(16-12-22)23-9-3-4-13-27-23)28-18-20-7-5-8-21(17-20)19-31-14-6-10-24(31)32/h3-5,7-9,13,17,22H,2,6,10-12,14-16,18-19H2,1H3,(H2,26,28,29). The Hall–Kier alpha value is -3.09. The van der Waals surface area contributed by atoms with E-state index in [-0.39, 0.29) is 5.91 Å². The smallest absolute Gasteiger partial charge is 0.222 e. The van der Waals surface area contributed by atoms with Crippen molar-refractivity contribution in [3.05, 3.63) is 59.8 Å². The van der Waals surface area contributed by atoms with Crippen LogP contribution >= 0.6 is 0 Å². The SMILES string of the molecule is CCNC(=NCc1cccc(CN2CCCC2=O)c1)NC1CCN(c2ccccn2)CC1. The average Bonchev–Trinajstić information content (AvgIpc) is 3.23. The van der Waals surface area contributed by atoms with Crippen LogP contribution in [0.2, 0.25) is 0 Å². The summed E-state index contributed by atoms with van der Waals surface area (Å²) in [5.41, 5.74) is 2.34. The molecular formula is C25H34N6O. The average molecular weight is 435 g/mol. The number of benzene rings is 1. The Morgan fingerprint density at radius 2 is 1.97 bits per heavy atom. The van der Waals surface area contributed by atoms with Gasteiger partial charge >= 0.3 is 0 Å². The van der Waals surface area contributed by atoms with Gasteiger partial charge in [-0.1, -0.05) is 30.3 Å². The summed E-state index contributed by atoms with van der Waals surface area (Å²) in [6.45, 7) is 7.09. The van der Waals surface area contributed by atoms with Crippen molar-refractivity contribution in [2.24, 2.45) is 4.99 Å². The van der Waals surface area contributed by atoms with Crippen LogP contribution < -0.4 is 15.5 Å². The third-order valence-corrected chi connectivity index (χ3v) is 6.11. The lowest BCUT2D eigenvalue weighted by atomic mass is 10.1. The van der Waals surface area contributed by atoms with E-state index in [1.54, 1.807) is 0 Å². The maximum atomic E-state index is 11.9. The van der Waals surface area contributed by atoms with E-state index in [9.17, 15) is 4.79 Å². The van der Waals surface area contributed by atoms with Gasteiger partial charge in [0.2, 0.25) is 5.91 Å². The van der Waals surface area contributed by atoms with E-state index in [1.807, 2.05) is 23.2 Å². The second-order valence-electron chi connectivity index (χ2n) is 8.53. The fourth-order valence-electron chi connectivity index (χ4n) is 4.40. The Bertz CT molecular complexity index is 908. The minimum absolute atomic E-state index is 0.265. The summed E-state index contributed by atoms with van der Waals surface area (Å²) in [4.78, 5) is 25.5. The normalized spacial score (nSPS) is 17.7.